The van der Waals surface area contributed by atoms with E-state index >= 15 is 0 Å². The van der Waals surface area contributed by atoms with E-state index in [0.29, 0.717) is 12.2 Å². The monoisotopic (exact) mass is 345 g/mol. The molecule has 0 radical (unpaired) electrons. The summed E-state index contributed by atoms with van der Waals surface area (Å²) in [4.78, 5) is 16.2. The molecule has 0 atom stereocenters. The van der Waals surface area contributed by atoms with E-state index in [2.05, 4.69) is 18.8 Å². The molecule has 1 heterocycles. The summed E-state index contributed by atoms with van der Waals surface area (Å²) in [5.41, 5.74) is 1.11. The highest BCUT2D eigenvalue weighted by Gasteiger charge is 2.20. The van der Waals surface area contributed by atoms with E-state index in [1.54, 1.807) is 6.20 Å². The summed E-state index contributed by atoms with van der Waals surface area (Å²) in [7, 11) is 0. The Morgan fingerprint density at radius 3 is 2.36 bits per heavy atom. The highest BCUT2D eigenvalue weighted by Crippen LogP contribution is 2.33. The molecular formula is C22H35NO2. The SMILES string of the molecule is CCCCCC(=O)Oc1ccc(CCC2CCC(CCC)CC2)nc1. The Labute approximate surface area is 153 Å². The number of pyridine rings is 1. The molecule has 0 saturated heterocycles. The minimum Gasteiger partial charge on any atom is -0.425 e. The molecular weight excluding hydrogens is 310 g/mol. The van der Waals surface area contributed by atoms with Crippen LogP contribution in [-0.4, -0.2) is 11.0 Å². The first-order chi connectivity index (χ1) is 12.2. The molecule has 0 bridgehead atoms. The predicted molar refractivity (Wildman–Crippen MR) is 103 cm³/mol. The lowest BCUT2D eigenvalue weighted by Gasteiger charge is -2.28. The lowest BCUT2D eigenvalue weighted by atomic mass is 9.78. The van der Waals surface area contributed by atoms with Gasteiger partial charge in [-0.05, 0) is 43.2 Å². The molecule has 0 N–H and O–H groups in total. The Morgan fingerprint density at radius 1 is 1.04 bits per heavy atom. The number of esters is 1. The van der Waals surface area contributed by atoms with Gasteiger partial charge in [-0.3, -0.25) is 9.78 Å². The van der Waals surface area contributed by atoms with Gasteiger partial charge < -0.3 is 4.74 Å². The zero-order valence-electron chi connectivity index (χ0n) is 16.1. The first kappa shape index (κ1) is 19.9. The van der Waals surface area contributed by atoms with E-state index in [9.17, 15) is 4.79 Å². The normalized spacial score (nSPS) is 20.4. The number of ether oxygens (including phenoxy) is 1. The Balaban J connectivity index is 1.67. The number of carbonyl (C=O) groups is 1. The quantitative estimate of drug-likeness (QED) is 0.379. The van der Waals surface area contributed by atoms with Gasteiger partial charge in [0.15, 0.2) is 0 Å². The fraction of sp³-hybridized carbons (Fsp3) is 0.727. The van der Waals surface area contributed by atoms with Crippen molar-refractivity contribution in [1.29, 1.82) is 0 Å². The van der Waals surface area contributed by atoms with Gasteiger partial charge in [0, 0.05) is 12.1 Å². The van der Waals surface area contributed by atoms with Crippen LogP contribution in [0, 0.1) is 11.8 Å². The van der Waals surface area contributed by atoms with Gasteiger partial charge in [0.25, 0.3) is 0 Å². The third-order valence-corrected chi connectivity index (χ3v) is 5.49. The summed E-state index contributed by atoms with van der Waals surface area (Å²) < 4.78 is 5.34. The Kier molecular flexibility index (Phi) is 8.99. The van der Waals surface area contributed by atoms with Crippen LogP contribution < -0.4 is 4.74 Å². The van der Waals surface area contributed by atoms with Gasteiger partial charge in [0.2, 0.25) is 0 Å². The van der Waals surface area contributed by atoms with Crippen molar-refractivity contribution < 1.29 is 9.53 Å². The fourth-order valence-electron chi connectivity index (χ4n) is 3.89. The van der Waals surface area contributed by atoms with Crippen molar-refractivity contribution in [3.63, 3.8) is 0 Å². The van der Waals surface area contributed by atoms with E-state index in [0.717, 1.165) is 43.2 Å². The molecule has 140 valence electrons. The van der Waals surface area contributed by atoms with Crippen LogP contribution in [0.15, 0.2) is 18.3 Å². The number of aromatic nitrogens is 1. The standard InChI is InChI=1S/C22H35NO2/c1-3-5-6-8-22(24)25-21-16-15-20(23-17-21)14-13-19-11-9-18(7-4-2)10-12-19/h15-19H,3-14H2,1-2H3. The molecule has 1 aliphatic rings. The van der Waals surface area contributed by atoms with E-state index in [1.807, 2.05) is 12.1 Å². The highest BCUT2D eigenvalue weighted by molar-refractivity contribution is 5.72. The third-order valence-electron chi connectivity index (χ3n) is 5.49. The van der Waals surface area contributed by atoms with Crippen molar-refractivity contribution in [1.82, 2.24) is 4.98 Å². The molecule has 1 aromatic heterocycles. The Hall–Kier alpha value is -1.38. The molecule has 1 saturated carbocycles. The number of unbranched alkanes of at least 4 members (excludes halogenated alkanes) is 2. The van der Waals surface area contributed by atoms with Gasteiger partial charge in [-0.2, -0.15) is 0 Å². The van der Waals surface area contributed by atoms with Gasteiger partial charge in [-0.1, -0.05) is 65.2 Å². The van der Waals surface area contributed by atoms with Crippen molar-refractivity contribution >= 4 is 5.97 Å². The Bertz CT molecular complexity index is 489. The second-order valence-corrected chi connectivity index (χ2v) is 7.63. The number of nitrogens with zero attached hydrogens (tertiary/aromatic N) is 1. The summed E-state index contributed by atoms with van der Waals surface area (Å²) in [5.74, 6) is 2.27. The average molecular weight is 346 g/mol. The molecule has 1 aromatic rings. The summed E-state index contributed by atoms with van der Waals surface area (Å²) in [6.45, 7) is 4.43. The smallest absolute Gasteiger partial charge is 0.311 e. The van der Waals surface area contributed by atoms with Crippen molar-refractivity contribution in [2.45, 2.75) is 90.9 Å². The van der Waals surface area contributed by atoms with E-state index in [1.165, 1.54) is 44.9 Å². The lowest BCUT2D eigenvalue weighted by Crippen LogP contribution is -2.15. The maximum absolute atomic E-state index is 11.7. The molecule has 0 unspecified atom stereocenters. The molecule has 1 fully saturated rings. The average Bonchev–Trinajstić information content (AvgIpc) is 2.63. The van der Waals surface area contributed by atoms with E-state index < -0.39 is 0 Å². The zero-order chi connectivity index (χ0) is 17.9. The number of carbonyl (C=O) groups excluding carboxylic acids is 1. The van der Waals surface area contributed by atoms with Gasteiger partial charge in [0.05, 0.1) is 6.20 Å². The van der Waals surface area contributed by atoms with Crippen LogP contribution in [0.1, 0.15) is 90.2 Å². The molecule has 0 amide bonds. The van der Waals surface area contributed by atoms with Crippen LogP contribution in [-0.2, 0) is 11.2 Å². The number of hydrogen-bond acceptors (Lipinski definition) is 3. The first-order valence-corrected chi connectivity index (χ1v) is 10.4. The summed E-state index contributed by atoms with van der Waals surface area (Å²) >= 11 is 0. The first-order valence-electron chi connectivity index (χ1n) is 10.4. The van der Waals surface area contributed by atoms with E-state index in [-0.39, 0.29) is 5.97 Å². The van der Waals surface area contributed by atoms with Crippen molar-refractivity contribution in [3.05, 3.63) is 24.0 Å². The maximum atomic E-state index is 11.7. The second-order valence-electron chi connectivity index (χ2n) is 7.63. The molecule has 25 heavy (non-hydrogen) atoms. The topological polar surface area (TPSA) is 39.2 Å². The predicted octanol–water partition coefficient (Wildman–Crippen LogP) is 6.11. The van der Waals surface area contributed by atoms with Crippen LogP contribution in [0.4, 0.5) is 0 Å². The van der Waals surface area contributed by atoms with Gasteiger partial charge in [-0.25, -0.2) is 0 Å². The number of aryl methyl sites for hydroxylation is 1. The number of hydrogen-bond donors (Lipinski definition) is 0. The fourth-order valence-corrected chi connectivity index (χ4v) is 3.89. The molecule has 0 aliphatic heterocycles. The Morgan fingerprint density at radius 2 is 1.76 bits per heavy atom. The van der Waals surface area contributed by atoms with Crippen molar-refractivity contribution in [2.75, 3.05) is 0 Å². The molecule has 0 spiro atoms. The van der Waals surface area contributed by atoms with Crippen LogP contribution in [0.3, 0.4) is 0 Å². The van der Waals surface area contributed by atoms with Gasteiger partial charge in [0.1, 0.15) is 5.75 Å². The molecule has 3 heteroatoms. The van der Waals surface area contributed by atoms with Crippen LogP contribution >= 0.6 is 0 Å². The second kappa shape index (κ2) is 11.3. The lowest BCUT2D eigenvalue weighted by molar-refractivity contribution is -0.134. The van der Waals surface area contributed by atoms with Crippen LogP contribution in [0.2, 0.25) is 0 Å². The molecule has 1 aliphatic carbocycles. The number of rotatable bonds is 10. The molecule has 3 nitrogen and oxygen atoms in total. The van der Waals surface area contributed by atoms with Gasteiger partial charge >= 0.3 is 5.97 Å². The van der Waals surface area contributed by atoms with Crippen LogP contribution in [0.5, 0.6) is 5.75 Å². The molecule has 2 rings (SSSR count). The van der Waals surface area contributed by atoms with E-state index in [4.69, 9.17) is 4.74 Å². The zero-order valence-corrected chi connectivity index (χ0v) is 16.1. The molecule has 0 aromatic carbocycles. The summed E-state index contributed by atoms with van der Waals surface area (Å²) in [6.07, 6.45) is 15.9. The van der Waals surface area contributed by atoms with Gasteiger partial charge in [-0.15, -0.1) is 0 Å². The highest BCUT2D eigenvalue weighted by atomic mass is 16.5. The maximum Gasteiger partial charge on any atom is 0.311 e. The summed E-state index contributed by atoms with van der Waals surface area (Å²) in [6, 6.07) is 3.90. The van der Waals surface area contributed by atoms with Crippen LogP contribution in [0.25, 0.3) is 0 Å². The largest absolute Gasteiger partial charge is 0.425 e. The van der Waals surface area contributed by atoms with Crippen molar-refractivity contribution in [2.24, 2.45) is 11.8 Å². The van der Waals surface area contributed by atoms with Crippen molar-refractivity contribution in [3.8, 4) is 5.75 Å². The minimum absolute atomic E-state index is 0.146. The minimum atomic E-state index is -0.146. The third kappa shape index (κ3) is 7.58. The summed E-state index contributed by atoms with van der Waals surface area (Å²) in [5, 5.41) is 0.